The SMILES string of the molecule is CCOC(=O)/C(C#N)=C/Nc1ccccc1C(F)(F)F. The fourth-order valence-electron chi connectivity index (χ4n) is 1.35. The van der Waals surface area contributed by atoms with Crippen LogP contribution < -0.4 is 5.32 Å². The summed E-state index contributed by atoms with van der Waals surface area (Å²) in [5.41, 5.74) is -1.56. The molecule has 4 nitrogen and oxygen atoms in total. The Bertz CT molecular complexity index is 559. The van der Waals surface area contributed by atoms with E-state index in [9.17, 15) is 18.0 Å². The van der Waals surface area contributed by atoms with Gasteiger partial charge in [0.25, 0.3) is 0 Å². The lowest BCUT2D eigenvalue weighted by Gasteiger charge is -2.12. The molecule has 0 saturated carbocycles. The number of rotatable bonds is 4. The molecule has 0 aliphatic carbocycles. The van der Waals surface area contributed by atoms with Gasteiger partial charge in [0.05, 0.1) is 17.9 Å². The number of hydrogen-bond donors (Lipinski definition) is 1. The molecule has 0 saturated heterocycles. The summed E-state index contributed by atoms with van der Waals surface area (Å²) in [4.78, 5) is 11.3. The van der Waals surface area contributed by atoms with Crippen LogP contribution in [0.2, 0.25) is 0 Å². The van der Waals surface area contributed by atoms with E-state index in [-0.39, 0.29) is 12.3 Å². The smallest absolute Gasteiger partial charge is 0.418 e. The van der Waals surface area contributed by atoms with E-state index in [0.29, 0.717) is 0 Å². The average Bonchev–Trinajstić information content (AvgIpc) is 2.39. The predicted molar refractivity (Wildman–Crippen MR) is 65.4 cm³/mol. The number of nitrogens with one attached hydrogen (secondary N) is 1. The van der Waals surface area contributed by atoms with Crippen LogP contribution in [0.15, 0.2) is 36.0 Å². The molecule has 1 aromatic carbocycles. The normalized spacial score (nSPS) is 11.7. The van der Waals surface area contributed by atoms with Crippen molar-refractivity contribution < 1.29 is 22.7 Å². The Morgan fingerprint density at radius 2 is 2.10 bits per heavy atom. The Morgan fingerprint density at radius 1 is 1.45 bits per heavy atom. The molecule has 0 atom stereocenters. The minimum absolute atomic E-state index is 0.0665. The van der Waals surface area contributed by atoms with Gasteiger partial charge < -0.3 is 10.1 Å². The fraction of sp³-hybridized carbons (Fsp3) is 0.231. The lowest BCUT2D eigenvalue weighted by atomic mass is 10.1. The standard InChI is InChI=1S/C13H11F3N2O2/c1-2-20-12(19)9(7-17)8-18-11-6-4-3-5-10(11)13(14,15)16/h3-6,8,18H,2H2,1H3/b9-8+. The first-order chi connectivity index (χ1) is 9.40. The Labute approximate surface area is 113 Å². The number of ether oxygens (including phenoxy) is 1. The molecule has 20 heavy (non-hydrogen) atoms. The average molecular weight is 284 g/mol. The van der Waals surface area contributed by atoms with E-state index in [1.807, 2.05) is 0 Å². The highest BCUT2D eigenvalue weighted by Crippen LogP contribution is 2.34. The van der Waals surface area contributed by atoms with Crippen molar-refractivity contribution in [3.05, 3.63) is 41.6 Å². The Hall–Kier alpha value is -2.49. The molecule has 0 aromatic heterocycles. The summed E-state index contributed by atoms with van der Waals surface area (Å²) < 4.78 is 42.7. The maximum atomic E-state index is 12.7. The third kappa shape index (κ3) is 4.02. The number of halogens is 3. The zero-order valence-corrected chi connectivity index (χ0v) is 10.5. The van der Waals surface area contributed by atoms with Crippen molar-refractivity contribution in [2.75, 3.05) is 11.9 Å². The van der Waals surface area contributed by atoms with E-state index >= 15 is 0 Å². The van der Waals surface area contributed by atoms with Gasteiger partial charge in [-0.3, -0.25) is 0 Å². The molecule has 0 radical (unpaired) electrons. The first kappa shape index (κ1) is 15.6. The van der Waals surface area contributed by atoms with Gasteiger partial charge in [-0.2, -0.15) is 18.4 Å². The number of nitrogens with zero attached hydrogens (tertiary/aromatic N) is 1. The molecule has 0 heterocycles. The Morgan fingerprint density at radius 3 is 2.65 bits per heavy atom. The number of benzene rings is 1. The number of nitriles is 1. The Kier molecular flexibility index (Phi) is 5.15. The van der Waals surface area contributed by atoms with Crippen LogP contribution in [-0.2, 0) is 15.7 Å². The van der Waals surface area contributed by atoms with Crippen molar-refractivity contribution in [2.45, 2.75) is 13.1 Å². The van der Waals surface area contributed by atoms with Gasteiger partial charge in [-0.15, -0.1) is 0 Å². The number of esters is 1. The van der Waals surface area contributed by atoms with Crippen LogP contribution in [0.3, 0.4) is 0 Å². The van der Waals surface area contributed by atoms with Gasteiger partial charge in [0.2, 0.25) is 0 Å². The molecule has 1 rings (SSSR count). The van der Waals surface area contributed by atoms with Crippen LogP contribution >= 0.6 is 0 Å². The molecular formula is C13H11F3N2O2. The van der Waals surface area contributed by atoms with Gasteiger partial charge in [0, 0.05) is 6.20 Å². The van der Waals surface area contributed by atoms with Crippen LogP contribution in [0.25, 0.3) is 0 Å². The highest BCUT2D eigenvalue weighted by molar-refractivity contribution is 5.93. The topological polar surface area (TPSA) is 62.1 Å². The van der Waals surface area contributed by atoms with Gasteiger partial charge in [0.1, 0.15) is 6.07 Å². The van der Waals surface area contributed by atoms with Gasteiger partial charge >= 0.3 is 12.1 Å². The second-order valence-electron chi connectivity index (χ2n) is 3.58. The largest absolute Gasteiger partial charge is 0.462 e. The highest BCUT2D eigenvalue weighted by Gasteiger charge is 2.33. The van der Waals surface area contributed by atoms with Crippen LogP contribution in [-0.4, -0.2) is 12.6 Å². The van der Waals surface area contributed by atoms with E-state index in [2.05, 4.69) is 10.1 Å². The number of anilines is 1. The third-order valence-corrected chi connectivity index (χ3v) is 2.22. The summed E-state index contributed by atoms with van der Waals surface area (Å²) in [6.45, 7) is 1.62. The summed E-state index contributed by atoms with van der Waals surface area (Å²) in [6.07, 6.45) is -3.64. The van der Waals surface area contributed by atoms with Crippen molar-refractivity contribution in [2.24, 2.45) is 0 Å². The maximum absolute atomic E-state index is 12.7. The van der Waals surface area contributed by atoms with Crippen molar-refractivity contribution in [1.29, 1.82) is 5.26 Å². The van der Waals surface area contributed by atoms with Crippen LogP contribution in [0.1, 0.15) is 12.5 Å². The molecule has 1 N–H and O–H groups in total. The summed E-state index contributed by atoms with van der Waals surface area (Å²) >= 11 is 0. The first-order valence-electron chi connectivity index (χ1n) is 5.60. The minimum atomic E-state index is -4.53. The van der Waals surface area contributed by atoms with E-state index in [1.165, 1.54) is 18.2 Å². The molecule has 0 unspecified atom stereocenters. The van der Waals surface area contributed by atoms with E-state index in [4.69, 9.17) is 5.26 Å². The molecule has 0 spiro atoms. The van der Waals surface area contributed by atoms with Gasteiger partial charge in [-0.05, 0) is 19.1 Å². The molecule has 7 heteroatoms. The highest BCUT2D eigenvalue weighted by atomic mass is 19.4. The molecule has 0 aliphatic rings. The lowest BCUT2D eigenvalue weighted by molar-refractivity contribution is -0.138. The molecule has 0 fully saturated rings. The lowest BCUT2D eigenvalue weighted by Crippen LogP contribution is -2.10. The Balaban J connectivity index is 3.00. The zero-order chi connectivity index (χ0) is 15.2. The molecular weight excluding hydrogens is 273 g/mol. The first-order valence-corrected chi connectivity index (χ1v) is 5.60. The van der Waals surface area contributed by atoms with Gasteiger partial charge in [-0.25, -0.2) is 4.79 Å². The number of carbonyl (C=O) groups is 1. The van der Waals surface area contributed by atoms with Gasteiger partial charge in [0.15, 0.2) is 5.57 Å². The van der Waals surface area contributed by atoms with E-state index in [1.54, 1.807) is 13.0 Å². The predicted octanol–water partition coefficient (Wildman–Crippen LogP) is 3.09. The summed E-state index contributed by atoms with van der Waals surface area (Å²) in [5, 5.41) is 11.1. The van der Waals surface area contributed by atoms with Crippen LogP contribution in [0.4, 0.5) is 18.9 Å². The van der Waals surface area contributed by atoms with E-state index < -0.39 is 23.3 Å². The van der Waals surface area contributed by atoms with Crippen molar-refractivity contribution in [3.63, 3.8) is 0 Å². The monoisotopic (exact) mass is 284 g/mol. The van der Waals surface area contributed by atoms with Crippen molar-refractivity contribution in [1.82, 2.24) is 0 Å². The zero-order valence-electron chi connectivity index (χ0n) is 10.5. The van der Waals surface area contributed by atoms with Crippen LogP contribution in [0, 0.1) is 11.3 Å². The second kappa shape index (κ2) is 6.61. The van der Waals surface area contributed by atoms with Crippen molar-refractivity contribution in [3.8, 4) is 6.07 Å². The second-order valence-corrected chi connectivity index (χ2v) is 3.58. The summed E-state index contributed by atoms with van der Waals surface area (Å²) in [7, 11) is 0. The van der Waals surface area contributed by atoms with Crippen molar-refractivity contribution >= 4 is 11.7 Å². The molecule has 0 aliphatic heterocycles. The number of carbonyl (C=O) groups excluding carboxylic acids is 1. The van der Waals surface area contributed by atoms with Crippen LogP contribution in [0.5, 0.6) is 0 Å². The fourth-order valence-corrected chi connectivity index (χ4v) is 1.35. The molecule has 0 amide bonds. The quantitative estimate of drug-likeness (QED) is 0.524. The summed E-state index contributed by atoms with van der Waals surface area (Å²) in [6, 6.07) is 6.30. The molecule has 106 valence electrons. The number of para-hydroxylation sites is 1. The van der Waals surface area contributed by atoms with E-state index in [0.717, 1.165) is 12.3 Å². The summed E-state index contributed by atoms with van der Waals surface area (Å²) in [5.74, 6) is -0.896. The third-order valence-electron chi connectivity index (χ3n) is 2.22. The van der Waals surface area contributed by atoms with Gasteiger partial charge in [-0.1, -0.05) is 12.1 Å². The molecule has 0 bridgehead atoms. The number of hydrogen-bond acceptors (Lipinski definition) is 4. The molecule has 1 aromatic rings. The maximum Gasteiger partial charge on any atom is 0.418 e. The minimum Gasteiger partial charge on any atom is -0.462 e. The number of alkyl halides is 3.